The smallest absolute Gasteiger partial charge is 0.330 e. The predicted molar refractivity (Wildman–Crippen MR) is 62.2 cm³/mol. The van der Waals surface area contributed by atoms with Crippen LogP contribution in [-0.4, -0.2) is 39.0 Å². The first-order valence-electron chi connectivity index (χ1n) is 5.31. The second kappa shape index (κ2) is 7.41. The molecule has 94 valence electrons. The Balaban J connectivity index is 3.72. The highest BCUT2D eigenvalue weighted by molar-refractivity contribution is 5.81. The lowest BCUT2D eigenvalue weighted by Crippen LogP contribution is -2.28. The molecule has 0 heterocycles. The summed E-state index contributed by atoms with van der Waals surface area (Å²) in [7, 11) is 1.66. The molecule has 0 aromatic rings. The van der Waals surface area contributed by atoms with Crippen LogP contribution in [0.2, 0.25) is 0 Å². The maximum absolute atomic E-state index is 10.9. The molecule has 1 unspecified atom stereocenters. The molecule has 0 aliphatic heterocycles. The van der Waals surface area contributed by atoms with Gasteiger partial charge in [0, 0.05) is 18.6 Å². The summed E-state index contributed by atoms with van der Waals surface area (Å²) in [5, 5.41) is 0. The van der Waals surface area contributed by atoms with Gasteiger partial charge in [-0.2, -0.15) is 0 Å². The Morgan fingerprint density at radius 1 is 1.44 bits per heavy atom. The fourth-order valence-electron chi connectivity index (χ4n) is 1.21. The van der Waals surface area contributed by atoms with Gasteiger partial charge in [-0.1, -0.05) is 20.4 Å². The maximum atomic E-state index is 10.9. The van der Waals surface area contributed by atoms with Gasteiger partial charge in [0.2, 0.25) is 0 Å². The number of carbonyl (C=O) groups is 1. The van der Waals surface area contributed by atoms with E-state index in [0.29, 0.717) is 19.8 Å². The van der Waals surface area contributed by atoms with Crippen LogP contribution in [-0.2, 0) is 19.0 Å². The average Bonchev–Trinajstić information content (AvgIpc) is 2.16. The lowest BCUT2D eigenvalue weighted by Gasteiger charge is -2.24. The van der Waals surface area contributed by atoms with Gasteiger partial charge in [0.1, 0.15) is 6.10 Å². The van der Waals surface area contributed by atoms with Crippen LogP contribution in [0.15, 0.2) is 12.7 Å². The predicted octanol–water partition coefficient (Wildman–Crippen LogP) is 1.79. The lowest BCUT2D eigenvalue weighted by molar-refractivity contribution is -0.145. The van der Waals surface area contributed by atoms with E-state index in [4.69, 9.17) is 14.2 Å². The van der Waals surface area contributed by atoms with Crippen LogP contribution in [0.25, 0.3) is 0 Å². The molecule has 0 amide bonds. The number of hydrogen-bond acceptors (Lipinski definition) is 4. The summed E-state index contributed by atoms with van der Waals surface area (Å²) in [5.74, 6) is -0.424. The Hall–Kier alpha value is -0.870. The highest BCUT2D eigenvalue weighted by atomic mass is 16.6. The van der Waals surface area contributed by atoms with Gasteiger partial charge in [0.25, 0.3) is 0 Å². The molecule has 0 aromatic heterocycles. The molecule has 16 heavy (non-hydrogen) atoms. The highest BCUT2D eigenvalue weighted by Crippen LogP contribution is 2.15. The van der Waals surface area contributed by atoms with E-state index in [1.165, 1.54) is 0 Å². The van der Waals surface area contributed by atoms with Crippen LogP contribution in [0.5, 0.6) is 0 Å². The number of ether oxygens (including phenoxy) is 3. The number of rotatable bonds is 8. The molecular weight excluding hydrogens is 208 g/mol. The SMILES string of the molecule is C=CC(=O)OC(C)COCC(C)(C)COC. The van der Waals surface area contributed by atoms with E-state index >= 15 is 0 Å². The molecule has 0 radical (unpaired) electrons. The molecular formula is C12H22O4. The second-order valence-corrected chi connectivity index (χ2v) is 4.56. The van der Waals surface area contributed by atoms with E-state index in [0.717, 1.165) is 6.08 Å². The number of esters is 1. The van der Waals surface area contributed by atoms with Gasteiger partial charge in [-0.25, -0.2) is 4.79 Å². The highest BCUT2D eigenvalue weighted by Gasteiger charge is 2.18. The molecule has 0 N–H and O–H groups in total. The summed E-state index contributed by atoms with van der Waals surface area (Å²) < 4.78 is 15.5. The normalized spacial score (nSPS) is 13.2. The van der Waals surface area contributed by atoms with Gasteiger partial charge in [-0.05, 0) is 6.92 Å². The summed E-state index contributed by atoms with van der Waals surface area (Å²) in [5.41, 5.74) is -0.0308. The number of methoxy groups -OCH3 is 1. The van der Waals surface area contributed by atoms with Gasteiger partial charge in [-0.3, -0.25) is 0 Å². The molecule has 0 aliphatic carbocycles. The summed E-state index contributed by atoms with van der Waals surface area (Å²) >= 11 is 0. The van der Waals surface area contributed by atoms with Gasteiger partial charge in [-0.15, -0.1) is 0 Å². The first kappa shape index (κ1) is 15.1. The van der Waals surface area contributed by atoms with E-state index in [9.17, 15) is 4.79 Å². The maximum Gasteiger partial charge on any atom is 0.330 e. The molecule has 0 saturated carbocycles. The summed E-state index contributed by atoms with van der Waals surface area (Å²) in [6.07, 6.45) is 0.884. The number of hydrogen-bond donors (Lipinski definition) is 0. The largest absolute Gasteiger partial charge is 0.457 e. The van der Waals surface area contributed by atoms with Gasteiger partial charge in [0.15, 0.2) is 0 Å². The molecule has 4 nitrogen and oxygen atoms in total. The fourth-order valence-corrected chi connectivity index (χ4v) is 1.21. The minimum atomic E-state index is -0.424. The third-order valence-electron chi connectivity index (χ3n) is 1.86. The van der Waals surface area contributed by atoms with E-state index in [2.05, 4.69) is 20.4 Å². The second-order valence-electron chi connectivity index (χ2n) is 4.56. The van der Waals surface area contributed by atoms with Gasteiger partial charge < -0.3 is 14.2 Å². The van der Waals surface area contributed by atoms with Crippen molar-refractivity contribution in [2.75, 3.05) is 26.9 Å². The third-order valence-corrected chi connectivity index (χ3v) is 1.86. The van der Waals surface area contributed by atoms with E-state index < -0.39 is 5.97 Å². The molecule has 0 rings (SSSR count). The van der Waals surface area contributed by atoms with E-state index in [1.54, 1.807) is 14.0 Å². The standard InChI is InChI=1S/C12H22O4/c1-6-11(13)16-10(2)7-15-9-12(3,4)8-14-5/h6,10H,1,7-9H2,2-5H3. The van der Waals surface area contributed by atoms with Crippen LogP contribution in [0, 0.1) is 5.41 Å². The van der Waals surface area contributed by atoms with Crippen molar-refractivity contribution in [2.24, 2.45) is 5.41 Å². The molecule has 0 aromatic carbocycles. The van der Waals surface area contributed by atoms with Crippen molar-refractivity contribution in [1.82, 2.24) is 0 Å². The summed E-state index contributed by atoms with van der Waals surface area (Å²) in [4.78, 5) is 10.9. The van der Waals surface area contributed by atoms with E-state index in [1.807, 2.05) is 0 Å². The fraction of sp³-hybridized carbons (Fsp3) is 0.750. The van der Waals surface area contributed by atoms with Crippen molar-refractivity contribution in [2.45, 2.75) is 26.9 Å². The van der Waals surface area contributed by atoms with Gasteiger partial charge >= 0.3 is 5.97 Å². The Morgan fingerprint density at radius 3 is 2.56 bits per heavy atom. The monoisotopic (exact) mass is 230 g/mol. The Labute approximate surface area is 97.6 Å². The van der Waals surface area contributed by atoms with Crippen LogP contribution < -0.4 is 0 Å². The van der Waals surface area contributed by atoms with Crippen molar-refractivity contribution >= 4 is 5.97 Å². The van der Waals surface area contributed by atoms with Crippen molar-refractivity contribution in [3.63, 3.8) is 0 Å². The molecule has 0 aliphatic rings. The Kier molecular flexibility index (Phi) is 7.01. The molecule has 0 bridgehead atoms. The number of carbonyl (C=O) groups excluding carboxylic acids is 1. The summed E-state index contributed by atoms with van der Waals surface area (Å²) in [6, 6.07) is 0. The summed E-state index contributed by atoms with van der Waals surface area (Å²) in [6.45, 7) is 10.8. The molecule has 0 fully saturated rings. The first-order chi connectivity index (χ1) is 7.41. The lowest BCUT2D eigenvalue weighted by atomic mass is 9.96. The zero-order valence-electron chi connectivity index (χ0n) is 10.6. The van der Waals surface area contributed by atoms with Crippen molar-refractivity contribution < 1.29 is 19.0 Å². The van der Waals surface area contributed by atoms with Crippen molar-refractivity contribution in [1.29, 1.82) is 0 Å². The Bertz CT molecular complexity index is 223. The topological polar surface area (TPSA) is 44.8 Å². The minimum Gasteiger partial charge on any atom is -0.457 e. The minimum absolute atomic E-state index is 0.0308. The van der Waals surface area contributed by atoms with Crippen LogP contribution in [0.3, 0.4) is 0 Å². The molecule has 4 heteroatoms. The average molecular weight is 230 g/mol. The Morgan fingerprint density at radius 2 is 2.06 bits per heavy atom. The van der Waals surface area contributed by atoms with Crippen LogP contribution in [0.1, 0.15) is 20.8 Å². The van der Waals surface area contributed by atoms with Crippen LogP contribution in [0.4, 0.5) is 0 Å². The third kappa shape index (κ3) is 7.43. The van der Waals surface area contributed by atoms with E-state index in [-0.39, 0.29) is 11.5 Å². The van der Waals surface area contributed by atoms with Crippen LogP contribution >= 0.6 is 0 Å². The quantitative estimate of drug-likeness (QED) is 0.471. The van der Waals surface area contributed by atoms with Gasteiger partial charge in [0.05, 0.1) is 19.8 Å². The van der Waals surface area contributed by atoms with Crippen molar-refractivity contribution in [3.05, 3.63) is 12.7 Å². The molecule has 0 saturated heterocycles. The first-order valence-corrected chi connectivity index (χ1v) is 5.31. The molecule has 0 spiro atoms. The zero-order valence-corrected chi connectivity index (χ0v) is 10.6. The van der Waals surface area contributed by atoms with Crippen molar-refractivity contribution in [3.8, 4) is 0 Å². The zero-order chi connectivity index (χ0) is 12.6. The molecule has 1 atom stereocenters.